The zero-order valence-electron chi connectivity index (χ0n) is 13.7. The molecule has 1 aliphatic heterocycles. The van der Waals surface area contributed by atoms with Crippen molar-refractivity contribution in [2.24, 2.45) is 5.92 Å². The highest BCUT2D eigenvalue weighted by molar-refractivity contribution is 5.40. The van der Waals surface area contributed by atoms with Crippen LogP contribution >= 0.6 is 0 Å². The summed E-state index contributed by atoms with van der Waals surface area (Å²) >= 11 is 0. The molecule has 1 fully saturated rings. The molecular formula is C17H28N2O2. The highest BCUT2D eigenvalue weighted by atomic mass is 16.5. The molecule has 1 heterocycles. The van der Waals surface area contributed by atoms with Crippen LogP contribution < -0.4 is 14.8 Å². The fourth-order valence-electron chi connectivity index (χ4n) is 2.91. The second kappa shape index (κ2) is 7.66. The maximum Gasteiger partial charge on any atom is 0.127 e. The van der Waals surface area contributed by atoms with Crippen molar-refractivity contribution in [3.05, 3.63) is 23.8 Å². The lowest BCUT2D eigenvalue weighted by Gasteiger charge is -2.20. The van der Waals surface area contributed by atoms with E-state index in [0.717, 1.165) is 30.5 Å². The van der Waals surface area contributed by atoms with Gasteiger partial charge in [0.05, 0.1) is 14.2 Å². The number of benzene rings is 1. The second-order valence-corrected chi connectivity index (χ2v) is 6.05. The molecule has 0 amide bonds. The predicted octanol–water partition coefficient (Wildman–Crippen LogP) is 2.52. The maximum atomic E-state index is 5.43. The van der Waals surface area contributed by atoms with E-state index in [1.54, 1.807) is 14.2 Å². The Morgan fingerprint density at radius 2 is 2.10 bits per heavy atom. The zero-order valence-corrected chi connectivity index (χ0v) is 13.7. The van der Waals surface area contributed by atoms with Gasteiger partial charge in [-0.05, 0) is 45.3 Å². The van der Waals surface area contributed by atoms with Gasteiger partial charge in [0.2, 0.25) is 0 Å². The van der Waals surface area contributed by atoms with E-state index in [4.69, 9.17) is 9.47 Å². The van der Waals surface area contributed by atoms with E-state index < -0.39 is 0 Å². The first-order valence-corrected chi connectivity index (χ1v) is 7.79. The standard InChI is InChI=1S/C17H28N2O2/c1-13(2)19-8-7-14(12-19)10-18-11-15-5-6-16(20-3)9-17(15)21-4/h5-6,9,13-14,18H,7-8,10-12H2,1-4H3. The monoisotopic (exact) mass is 292 g/mol. The minimum atomic E-state index is 0.664. The van der Waals surface area contributed by atoms with Gasteiger partial charge >= 0.3 is 0 Å². The smallest absolute Gasteiger partial charge is 0.127 e. The molecule has 0 spiro atoms. The van der Waals surface area contributed by atoms with Crippen molar-refractivity contribution in [2.75, 3.05) is 33.9 Å². The Balaban J connectivity index is 1.81. The van der Waals surface area contributed by atoms with Crippen molar-refractivity contribution in [3.8, 4) is 11.5 Å². The molecule has 0 aromatic heterocycles. The molecule has 0 aliphatic carbocycles. The normalized spacial score (nSPS) is 19.2. The van der Waals surface area contributed by atoms with Crippen LogP contribution in [0.5, 0.6) is 11.5 Å². The van der Waals surface area contributed by atoms with Gasteiger partial charge in [0.1, 0.15) is 11.5 Å². The Bertz CT molecular complexity index is 448. The molecule has 0 radical (unpaired) electrons. The number of nitrogens with zero attached hydrogens (tertiary/aromatic N) is 1. The largest absolute Gasteiger partial charge is 0.497 e. The Morgan fingerprint density at radius 1 is 1.29 bits per heavy atom. The van der Waals surface area contributed by atoms with Crippen molar-refractivity contribution in [3.63, 3.8) is 0 Å². The first-order valence-electron chi connectivity index (χ1n) is 7.79. The molecule has 0 saturated carbocycles. The number of hydrogen-bond donors (Lipinski definition) is 1. The molecule has 1 atom stereocenters. The third kappa shape index (κ3) is 4.35. The Labute approximate surface area is 128 Å². The Kier molecular flexibility index (Phi) is 5.88. The average molecular weight is 292 g/mol. The van der Waals surface area contributed by atoms with Gasteiger partial charge in [-0.25, -0.2) is 0 Å². The first kappa shape index (κ1) is 16.1. The molecular weight excluding hydrogens is 264 g/mol. The van der Waals surface area contributed by atoms with Crippen LogP contribution in [0.15, 0.2) is 18.2 Å². The molecule has 118 valence electrons. The SMILES string of the molecule is COc1ccc(CNCC2CCN(C(C)C)C2)c(OC)c1. The van der Waals surface area contributed by atoms with Gasteiger partial charge in [0.25, 0.3) is 0 Å². The summed E-state index contributed by atoms with van der Waals surface area (Å²) < 4.78 is 10.7. The molecule has 1 aromatic rings. The van der Waals surface area contributed by atoms with E-state index in [0.29, 0.717) is 6.04 Å². The van der Waals surface area contributed by atoms with Crippen LogP contribution in [0, 0.1) is 5.92 Å². The number of hydrogen-bond acceptors (Lipinski definition) is 4. The fourth-order valence-corrected chi connectivity index (χ4v) is 2.91. The van der Waals surface area contributed by atoms with Crippen LogP contribution in [0.1, 0.15) is 25.8 Å². The van der Waals surface area contributed by atoms with Crippen molar-refractivity contribution in [1.29, 1.82) is 0 Å². The summed E-state index contributed by atoms with van der Waals surface area (Å²) in [4.78, 5) is 2.56. The van der Waals surface area contributed by atoms with Crippen LogP contribution in [0.4, 0.5) is 0 Å². The minimum Gasteiger partial charge on any atom is -0.497 e. The van der Waals surface area contributed by atoms with Crippen molar-refractivity contribution < 1.29 is 9.47 Å². The summed E-state index contributed by atoms with van der Waals surface area (Å²) in [5.74, 6) is 2.48. The lowest BCUT2D eigenvalue weighted by Crippen LogP contribution is -2.30. The summed E-state index contributed by atoms with van der Waals surface area (Å²) in [6, 6.07) is 6.65. The van der Waals surface area contributed by atoms with Gasteiger partial charge < -0.3 is 19.7 Å². The van der Waals surface area contributed by atoms with Gasteiger partial charge in [-0.2, -0.15) is 0 Å². The van der Waals surface area contributed by atoms with E-state index in [2.05, 4.69) is 30.1 Å². The third-order valence-electron chi connectivity index (χ3n) is 4.29. The molecule has 1 aliphatic rings. The van der Waals surface area contributed by atoms with E-state index in [9.17, 15) is 0 Å². The molecule has 1 N–H and O–H groups in total. The number of ether oxygens (including phenoxy) is 2. The number of rotatable bonds is 7. The lowest BCUT2D eigenvalue weighted by molar-refractivity contribution is 0.264. The zero-order chi connectivity index (χ0) is 15.2. The first-order chi connectivity index (χ1) is 10.1. The number of likely N-dealkylation sites (tertiary alicyclic amines) is 1. The molecule has 4 heteroatoms. The molecule has 1 aromatic carbocycles. The number of nitrogens with one attached hydrogen (secondary N) is 1. The predicted molar refractivity (Wildman–Crippen MR) is 86.1 cm³/mol. The topological polar surface area (TPSA) is 33.7 Å². The Hall–Kier alpha value is -1.26. The lowest BCUT2D eigenvalue weighted by atomic mass is 10.1. The summed E-state index contributed by atoms with van der Waals surface area (Å²) in [5, 5.41) is 3.57. The average Bonchev–Trinajstić information content (AvgIpc) is 2.96. The van der Waals surface area contributed by atoms with Crippen LogP contribution in [-0.4, -0.2) is 44.8 Å². The molecule has 1 unspecified atom stereocenters. The summed E-state index contributed by atoms with van der Waals surface area (Å²) in [5.41, 5.74) is 1.18. The van der Waals surface area contributed by atoms with Gasteiger partial charge in [-0.1, -0.05) is 6.07 Å². The summed E-state index contributed by atoms with van der Waals surface area (Å²) in [7, 11) is 3.38. The third-order valence-corrected chi connectivity index (χ3v) is 4.29. The molecule has 4 nitrogen and oxygen atoms in total. The molecule has 1 saturated heterocycles. The molecule has 0 bridgehead atoms. The minimum absolute atomic E-state index is 0.664. The Morgan fingerprint density at radius 3 is 2.71 bits per heavy atom. The van der Waals surface area contributed by atoms with Crippen LogP contribution in [0.25, 0.3) is 0 Å². The quantitative estimate of drug-likeness (QED) is 0.837. The van der Waals surface area contributed by atoms with Crippen LogP contribution in [0.3, 0.4) is 0 Å². The summed E-state index contributed by atoms with van der Waals surface area (Å²) in [6.45, 7) is 8.90. The number of methoxy groups -OCH3 is 2. The van der Waals surface area contributed by atoms with Crippen molar-refractivity contribution in [2.45, 2.75) is 32.9 Å². The fraction of sp³-hybridized carbons (Fsp3) is 0.647. The maximum absolute atomic E-state index is 5.43. The van der Waals surface area contributed by atoms with Crippen LogP contribution in [-0.2, 0) is 6.54 Å². The van der Waals surface area contributed by atoms with Gasteiger partial charge in [0, 0.05) is 30.8 Å². The van der Waals surface area contributed by atoms with E-state index in [1.807, 2.05) is 12.1 Å². The van der Waals surface area contributed by atoms with Crippen LogP contribution in [0.2, 0.25) is 0 Å². The van der Waals surface area contributed by atoms with Gasteiger partial charge in [-0.3, -0.25) is 0 Å². The second-order valence-electron chi connectivity index (χ2n) is 6.05. The van der Waals surface area contributed by atoms with Crippen molar-refractivity contribution in [1.82, 2.24) is 10.2 Å². The van der Waals surface area contributed by atoms with Gasteiger partial charge in [0.15, 0.2) is 0 Å². The van der Waals surface area contributed by atoms with Crippen molar-refractivity contribution >= 4 is 0 Å². The van der Waals surface area contributed by atoms with Gasteiger partial charge in [-0.15, -0.1) is 0 Å². The molecule has 2 rings (SSSR count). The molecule has 21 heavy (non-hydrogen) atoms. The van der Waals surface area contributed by atoms with E-state index in [-0.39, 0.29) is 0 Å². The van der Waals surface area contributed by atoms with E-state index >= 15 is 0 Å². The van der Waals surface area contributed by atoms with E-state index in [1.165, 1.54) is 25.1 Å². The highest BCUT2D eigenvalue weighted by Gasteiger charge is 2.23. The summed E-state index contributed by atoms with van der Waals surface area (Å²) in [6.07, 6.45) is 1.30. The highest BCUT2D eigenvalue weighted by Crippen LogP contribution is 2.24.